The molecule has 0 aliphatic rings. The van der Waals surface area contributed by atoms with Gasteiger partial charge in [-0.2, -0.15) is 13.5 Å². The number of carbonyl (C=O) groups excluding carboxylic acids is 1. The summed E-state index contributed by atoms with van der Waals surface area (Å²) in [4.78, 5) is 15.6. The Balaban J connectivity index is 1.66. The van der Waals surface area contributed by atoms with Crippen molar-refractivity contribution in [2.24, 2.45) is 0 Å². The second-order valence-corrected chi connectivity index (χ2v) is 10.6. The van der Waals surface area contributed by atoms with Gasteiger partial charge in [-0.05, 0) is 36.1 Å². The van der Waals surface area contributed by atoms with Crippen molar-refractivity contribution in [2.75, 3.05) is 6.54 Å². The van der Waals surface area contributed by atoms with Crippen LogP contribution < -0.4 is 4.72 Å². The molecule has 0 unspecified atom stereocenters. The molecule has 4 rings (SSSR count). The van der Waals surface area contributed by atoms with E-state index in [1.165, 1.54) is 6.07 Å². The van der Waals surface area contributed by atoms with Gasteiger partial charge in [-0.1, -0.05) is 80.1 Å². The summed E-state index contributed by atoms with van der Waals surface area (Å²) in [6.07, 6.45) is 1.99. The highest BCUT2D eigenvalue weighted by molar-refractivity contribution is 7.89. The first-order valence-electron chi connectivity index (χ1n) is 11.6. The summed E-state index contributed by atoms with van der Waals surface area (Å²) in [7, 11) is -4.04. The molecule has 0 fully saturated rings. The molecule has 0 radical (unpaired) electrons. The van der Waals surface area contributed by atoms with E-state index in [1.54, 1.807) is 17.0 Å². The summed E-state index contributed by atoms with van der Waals surface area (Å²) < 4.78 is 38.0. The lowest BCUT2D eigenvalue weighted by atomic mass is 10.0. The summed E-state index contributed by atoms with van der Waals surface area (Å²) in [6, 6.07) is 23.1. The lowest BCUT2D eigenvalue weighted by molar-refractivity contribution is -0.133. The molecule has 0 saturated carbocycles. The molecule has 35 heavy (non-hydrogen) atoms. The summed E-state index contributed by atoms with van der Waals surface area (Å²) in [6.45, 7) is 3.03. The molecule has 4 aromatic rings. The van der Waals surface area contributed by atoms with Crippen LogP contribution in [0.3, 0.4) is 0 Å². The van der Waals surface area contributed by atoms with E-state index < -0.39 is 16.1 Å². The van der Waals surface area contributed by atoms with Crippen molar-refractivity contribution in [2.45, 2.75) is 43.7 Å². The number of aromatic nitrogens is 2. The van der Waals surface area contributed by atoms with Crippen molar-refractivity contribution in [3.63, 3.8) is 0 Å². The van der Waals surface area contributed by atoms with Crippen molar-refractivity contribution in [3.8, 4) is 0 Å². The molecule has 0 aliphatic carbocycles. The highest BCUT2D eigenvalue weighted by Crippen LogP contribution is 2.22. The van der Waals surface area contributed by atoms with Crippen LogP contribution in [0.5, 0.6) is 0 Å². The predicted octanol–water partition coefficient (Wildman–Crippen LogP) is 4.41. The van der Waals surface area contributed by atoms with Gasteiger partial charge < -0.3 is 4.90 Å². The molecular formula is C26H28N4O3S2. The van der Waals surface area contributed by atoms with Crippen molar-refractivity contribution < 1.29 is 13.2 Å². The zero-order valence-corrected chi connectivity index (χ0v) is 21.1. The van der Waals surface area contributed by atoms with Crippen LogP contribution in [0.25, 0.3) is 11.0 Å². The average molecular weight is 509 g/mol. The SMILES string of the molecule is CCCCN(Cc1ccccc1)C(=O)[C@H](Cc1ccccc1)NS(=O)(=O)c1cccc2nsnc12. The number of benzene rings is 3. The first-order chi connectivity index (χ1) is 17.0. The van der Waals surface area contributed by atoms with Crippen LogP contribution >= 0.6 is 11.7 Å². The molecule has 9 heteroatoms. The Hall–Kier alpha value is -3.14. The number of hydrogen-bond donors (Lipinski definition) is 1. The number of sulfonamides is 1. The Morgan fingerprint density at radius 2 is 1.63 bits per heavy atom. The van der Waals surface area contributed by atoms with E-state index in [4.69, 9.17) is 0 Å². The van der Waals surface area contributed by atoms with Crippen LogP contribution in [0.2, 0.25) is 0 Å². The standard InChI is InChI=1S/C26H28N4O3S2/c1-2-3-17-30(19-21-13-8-5-9-14-21)26(31)23(18-20-11-6-4-7-12-20)29-35(32,33)24-16-10-15-22-25(24)28-34-27-22/h4-16,23,29H,2-3,17-19H2,1H3/t23-/m0/s1. The van der Waals surface area contributed by atoms with Crippen LogP contribution in [-0.2, 0) is 27.8 Å². The molecule has 1 amide bonds. The minimum atomic E-state index is -4.04. The van der Waals surface area contributed by atoms with Crippen molar-refractivity contribution in [1.82, 2.24) is 18.4 Å². The molecule has 182 valence electrons. The Morgan fingerprint density at radius 3 is 2.31 bits per heavy atom. The number of amides is 1. The summed E-state index contributed by atoms with van der Waals surface area (Å²) in [5, 5.41) is 0. The molecule has 1 atom stereocenters. The van der Waals surface area contributed by atoms with E-state index in [9.17, 15) is 13.2 Å². The van der Waals surface area contributed by atoms with Crippen LogP contribution in [0.15, 0.2) is 83.8 Å². The average Bonchev–Trinajstić information content (AvgIpc) is 3.36. The van der Waals surface area contributed by atoms with E-state index in [-0.39, 0.29) is 17.2 Å². The molecule has 0 bridgehead atoms. The molecule has 3 aromatic carbocycles. The number of fused-ring (bicyclic) bond motifs is 1. The highest BCUT2D eigenvalue weighted by Gasteiger charge is 2.31. The fraction of sp³-hybridized carbons (Fsp3) is 0.269. The normalized spacial score (nSPS) is 12.5. The number of unbranched alkanes of at least 4 members (excludes halogenated alkanes) is 1. The number of carbonyl (C=O) groups is 1. The smallest absolute Gasteiger partial charge is 0.243 e. The van der Waals surface area contributed by atoms with Gasteiger partial charge in [0.2, 0.25) is 15.9 Å². The minimum Gasteiger partial charge on any atom is -0.337 e. The molecule has 0 saturated heterocycles. The number of nitrogens with zero attached hydrogens (tertiary/aromatic N) is 3. The summed E-state index contributed by atoms with van der Waals surface area (Å²) in [5.74, 6) is -0.252. The Morgan fingerprint density at radius 1 is 0.943 bits per heavy atom. The van der Waals surface area contributed by atoms with Gasteiger partial charge in [0, 0.05) is 13.1 Å². The van der Waals surface area contributed by atoms with Gasteiger partial charge in [0.05, 0.1) is 11.7 Å². The van der Waals surface area contributed by atoms with E-state index in [0.29, 0.717) is 24.1 Å². The third-order valence-electron chi connectivity index (χ3n) is 5.73. The third-order valence-corrected chi connectivity index (χ3v) is 7.77. The van der Waals surface area contributed by atoms with Crippen LogP contribution in [-0.4, -0.2) is 40.6 Å². The number of hydrogen-bond acceptors (Lipinski definition) is 6. The van der Waals surface area contributed by atoms with E-state index >= 15 is 0 Å². The Labute approximate surface area is 210 Å². The molecule has 1 heterocycles. The molecule has 1 N–H and O–H groups in total. The van der Waals surface area contributed by atoms with Gasteiger partial charge in [0.15, 0.2) is 0 Å². The molecule has 0 spiro atoms. The molecular weight excluding hydrogens is 480 g/mol. The zero-order chi connectivity index (χ0) is 24.7. The number of nitrogens with one attached hydrogen (secondary N) is 1. The first-order valence-corrected chi connectivity index (χ1v) is 13.8. The van der Waals surface area contributed by atoms with Crippen molar-refractivity contribution >= 4 is 38.7 Å². The highest BCUT2D eigenvalue weighted by atomic mass is 32.2. The summed E-state index contributed by atoms with van der Waals surface area (Å²) in [5.41, 5.74) is 2.69. The summed E-state index contributed by atoms with van der Waals surface area (Å²) >= 11 is 0.959. The maximum absolute atomic E-state index is 13.9. The number of rotatable bonds is 11. The first kappa shape index (κ1) is 25.0. The van der Waals surface area contributed by atoms with Crippen LogP contribution in [0.4, 0.5) is 0 Å². The topological polar surface area (TPSA) is 92.3 Å². The monoisotopic (exact) mass is 508 g/mol. The maximum atomic E-state index is 13.9. The van der Waals surface area contributed by atoms with Gasteiger partial charge in [0.1, 0.15) is 22.0 Å². The third kappa shape index (κ3) is 6.30. The van der Waals surface area contributed by atoms with Crippen molar-refractivity contribution in [1.29, 1.82) is 0 Å². The van der Waals surface area contributed by atoms with Gasteiger partial charge in [-0.3, -0.25) is 4.79 Å². The maximum Gasteiger partial charge on any atom is 0.243 e. The lowest BCUT2D eigenvalue weighted by Gasteiger charge is -2.28. The van der Waals surface area contributed by atoms with Crippen molar-refractivity contribution in [3.05, 3.63) is 90.0 Å². The fourth-order valence-electron chi connectivity index (χ4n) is 3.92. The second-order valence-electron chi connectivity index (χ2n) is 8.35. The Kier molecular flexibility index (Phi) is 8.22. The fourth-order valence-corrected chi connectivity index (χ4v) is 5.87. The predicted molar refractivity (Wildman–Crippen MR) is 138 cm³/mol. The van der Waals surface area contributed by atoms with Gasteiger partial charge in [0.25, 0.3) is 0 Å². The molecule has 0 aliphatic heterocycles. The largest absolute Gasteiger partial charge is 0.337 e. The van der Waals surface area contributed by atoms with E-state index in [2.05, 4.69) is 20.4 Å². The van der Waals surface area contributed by atoms with Gasteiger partial charge >= 0.3 is 0 Å². The Bertz CT molecular complexity index is 1360. The van der Waals surface area contributed by atoms with Crippen LogP contribution in [0.1, 0.15) is 30.9 Å². The second kappa shape index (κ2) is 11.5. The minimum absolute atomic E-state index is 0.0257. The molecule has 7 nitrogen and oxygen atoms in total. The lowest BCUT2D eigenvalue weighted by Crippen LogP contribution is -2.49. The van der Waals surface area contributed by atoms with Gasteiger partial charge in [-0.25, -0.2) is 8.42 Å². The zero-order valence-electron chi connectivity index (χ0n) is 19.5. The van der Waals surface area contributed by atoms with Gasteiger partial charge in [-0.15, -0.1) is 0 Å². The molecule has 1 aromatic heterocycles. The van der Waals surface area contributed by atoms with Crippen LogP contribution in [0, 0.1) is 0 Å². The van der Waals surface area contributed by atoms with E-state index in [1.807, 2.05) is 60.7 Å². The quantitative estimate of drug-likeness (QED) is 0.324. The van der Waals surface area contributed by atoms with E-state index in [0.717, 1.165) is 35.7 Å².